The molecule has 0 amide bonds. The maximum Gasteiger partial charge on any atom is 0.210 e. The Balaban J connectivity index is 2.96. The van der Waals surface area contributed by atoms with Crippen LogP contribution < -0.4 is 0 Å². The summed E-state index contributed by atoms with van der Waals surface area (Å²) < 4.78 is 5.58. The first kappa shape index (κ1) is 13.6. The molecular formula is C11H27N2PSi. The van der Waals surface area contributed by atoms with E-state index < -0.39 is 8.40 Å². The fourth-order valence-electron chi connectivity index (χ4n) is 3.36. The van der Waals surface area contributed by atoms with Crippen LogP contribution in [-0.4, -0.2) is 34.8 Å². The second-order valence-corrected chi connectivity index (χ2v) is 13.4. The van der Waals surface area contributed by atoms with Crippen LogP contribution in [0.3, 0.4) is 0 Å². The molecule has 0 atom stereocenters. The topological polar surface area (TPSA) is 6.48 Å². The lowest BCUT2D eigenvalue weighted by Crippen LogP contribution is -2.76. The maximum absolute atomic E-state index is 2.79. The van der Waals surface area contributed by atoms with Crippen molar-refractivity contribution in [1.29, 1.82) is 0 Å². The normalized spacial score (nSPS) is 25.4. The number of hydrogen-bond acceptors (Lipinski definition) is 2. The van der Waals surface area contributed by atoms with Gasteiger partial charge in [0.1, 0.15) is 0 Å². The molecule has 2 nitrogen and oxygen atoms in total. The molecule has 0 saturated carbocycles. The third-order valence-electron chi connectivity index (χ3n) is 2.89. The van der Waals surface area contributed by atoms with Gasteiger partial charge in [-0.2, -0.15) is 0 Å². The third-order valence-corrected chi connectivity index (χ3v) is 13.3. The first-order valence-corrected chi connectivity index (χ1v) is 10.3. The van der Waals surface area contributed by atoms with Crippen LogP contribution in [-0.2, 0) is 0 Å². The minimum absolute atomic E-state index is 0.0802. The molecule has 0 radical (unpaired) electrons. The Labute approximate surface area is 98.1 Å². The Kier molecular flexibility index (Phi) is 3.21. The van der Waals surface area contributed by atoms with Crippen molar-refractivity contribution in [2.45, 2.75) is 65.7 Å². The van der Waals surface area contributed by atoms with Crippen LogP contribution in [0.15, 0.2) is 0 Å². The highest BCUT2D eigenvalue weighted by atomic mass is 31.1. The Morgan fingerprint density at radius 1 is 0.800 bits per heavy atom. The summed E-state index contributed by atoms with van der Waals surface area (Å²) in [6.07, 6.45) is 0. The highest BCUT2D eigenvalue weighted by Gasteiger charge is 2.59. The average Bonchev–Trinajstić information content (AvgIpc) is 1.74. The van der Waals surface area contributed by atoms with Crippen LogP contribution in [0.4, 0.5) is 0 Å². The quantitative estimate of drug-likeness (QED) is 0.473. The van der Waals surface area contributed by atoms with Crippen LogP contribution in [0.2, 0.25) is 13.1 Å². The molecule has 15 heavy (non-hydrogen) atoms. The Hall–Kier alpha value is 0.567. The van der Waals surface area contributed by atoms with Gasteiger partial charge >= 0.3 is 0 Å². The smallest absolute Gasteiger partial charge is 0.210 e. The molecule has 1 heterocycles. The zero-order valence-electron chi connectivity index (χ0n) is 11.8. The molecular weight excluding hydrogens is 219 g/mol. The highest BCUT2D eigenvalue weighted by Crippen LogP contribution is 2.64. The largest absolute Gasteiger partial charge is 0.273 e. The zero-order chi connectivity index (χ0) is 12.2. The highest BCUT2D eigenvalue weighted by molar-refractivity contribution is 7.61. The average molecular weight is 246 g/mol. The molecule has 0 aromatic carbocycles. The molecule has 1 saturated heterocycles. The molecule has 4 heteroatoms. The Morgan fingerprint density at radius 2 is 1.07 bits per heavy atom. The standard InChI is InChI=1S/C11H27N2PSi/c1-10(2,3)12-14(7)13(11(4,5)6)15(12,8)9/h1-9H3. The maximum atomic E-state index is 2.79. The Bertz CT molecular complexity index is 228. The van der Waals surface area contributed by atoms with Gasteiger partial charge in [-0.25, -0.2) is 0 Å². The summed E-state index contributed by atoms with van der Waals surface area (Å²) in [5, 5.41) is 0. The van der Waals surface area contributed by atoms with Crippen LogP contribution in [0, 0.1) is 0 Å². The summed E-state index contributed by atoms with van der Waals surface area (Å²) in [6.45, 7) is 21.4. The van der Waals surface area contributed by atoms with E-state index in [9.17, 15) is 0 Å². The molecule has 1 fully saturated rings. The number of rotatable bonds is 0. The summed E-state index contributed by atoms with van der Waals surface area (Å²) in [4.78, 5) is 0. The van der Waals surface area contributed by atoms with Crippen LogP contribution in [0.5, 0.6) is 0 Å². The van der Waals surface area contributed by atoms with Crippen molar-refractivity contribution in [2.24, 2.45) is 0 Å². The molecule has 0 aromatic rings. The van der Waals surface area contributed by atoms with Gasteiger partial charge in [-0.05, 0) is 61.3 Å². The van der Waals surface area contributed by atoms with Crippen LogP contribution >= 0.6 is 8.22 Å². The number of nitrogens with zero attached hydrogens (tertiary/aromatic N) is 2. The van der Waals surface area contributed by atoms with Crippen molar-refractivity contribution in [3.63, 3.8) is 0 Å². The van der Waals surface area contributed by atoms with E-state index in [4.69, 9.17) is 0 Å². The van der Waals surface area contributed by atoms with E-state index in [0.29, 0.717) is 11.1 Å². The van der Waals surface area contributed by atoms with Gasteiger partial charge in [-0.3, -0.25) is 8.67 Å². The van der Waals surface area contributed by atoms with Crippen LogP contribution in [0.1, 0.15) is 41.5 Å². The van der Waals surface area contributed by atoms with Gasteiger partial charge in [-0.1, -0.05) is 0 Å². The van der Waals surface area contributed by atoms with E-state index in [-0.39, 0.29) is 8.22 Å². The van der Waals surface area contributed by atoms with Crippen molar-refractivity contribution in [2.75, 3.05) is 6.66 Å². The van der Waals surface area contributed by atoms with Gasteiger partial charge in [0.05, 0.1) is 0 Å². The van der Waals surface area contributed by atoms with E-state index in [1.165, 1.54) is 0 Å². The molecule has 0 unspecified atom stereocenters. The fourth-order valence-corrected chi connectivity index (χ4v) is 14.9. The third kappa shape index (κ3) is 2.17. The molecule has 1 rings (SSSR count). The molecule has 1 aliphatic rings. The van der Waals surface area contributed by atoms with Gasteiger partial charge < -0.3 is 0 Å². The lowest BCUT2D eigenvalue weighted by molar-refractivity contribution is 0.241. The lowest BCUT2D eigenvalue weighted by atomic mass is 10.1. The predicted molar refractivity (Wildman–Crippen MR) is 73.5 cm³/mol. The van der Waals surface area contributed by atoms with Crippen molar-refractivity contribution < 1.29 is 0 Å². The molecule has 0 aliphatic carbocycles. The van der Waals surface area contributed by atoms with Gasteiger partial charge in [0, 0.05) is 19.3 Å². The monoisotopic (exact) mass is 246 g/mol. The van der Waals surface area contributed by atoms with Crippen molar-refractivity contribution in [1.82, 2.24) is 8.67 Å². The molecule has 1 aliphatic heterocycles. The zero-order valence-corrected chi connectivity index (χ0v) is 13.7. The fraction of sp³-hybridized carbons (Fsp3) is 1.00. The van der Waals surface area contributed by atoms with Gasteiger partial charge in [0.25, 0.3) is 0 Å². The number of hydrogen-bond donors (Lipinski definition) is 0. The molecule has 0 N–H and O–H groups in total. The lowest BCUT2D eigenvalue weighted by Gasteiger charge is -2.69. The van der Waals surface area contributed by atoms with E-state index >= 15 is 0 Å². The first-order valence-electron chi connectivity index (χ1n) is 5.74. The summed E-state index contributed by atoms with van der Waals surface area (Å²) in [5.74, 6) is 0. The molecule has 0 aromatic heterocycles. The van der Waals surface area contributed by atoms with Gasteiger partial charge in [0.15, 0.2) is 0 Å². The van der Waals surface area contributed by atoms with E-state index in [1.54, 1.807) is 0 Å². The van der Waals surface area contributed by atoms with E-state index in [1.807, 2.05) is 0 Å². The predicted octanol–water partition coefficient (Wildman–Crippen LogP) is 3.84. The summed E-state index contributed by atoms with van der Waals surface area (Å²) in [5.41, 5.74) is 0.663. The van der Waals surface area contributed by atoms with Crippen molar-refractivity contribution in [3.8, 4) is 0 Å². The second-order valence-electron chi connectivity index (χ2n) is 6.95. The van der Waals surface area contributed by atoms with Crippen molar-refractivity contribution in [3.05, 3.63) is 0 Å². The molecule has 0 bridgehead atoms. The summed E-state index contributed by atoms with van der Waals surface area (Å²) in [6, 6.07) is 0. The summed E-state index contributed by atoms with van der Waals surface area (Å²) in [7, 11) is -1.43. The first-order chi connectivity index (χ1) is 6.40. The molecule has 90 valence electrons. The Morgan fingerprint density at radius 3 is 1.20 bits per heavy atom. The van der Waals surface area contributed by atoms with Crippen LogP contribution in [0.25, 0.3) is 0 Å². The van der Waals surface area contributed by atoms with Gasteiger partial charge in [0.2, 0.25) is 8.40 Å². The minimum atomic E-state index is -1.35. The van der Waals surface area contributed by atoms with E-state index in [2.05, 4.69) is 70.0 Å². The molecule has 0 spiro atoms. The van der Waals surface area contributed by atoms with E-state index in [0.717, 1.165) is 0 Å². The SMILES string of the molecule is CP1N(C(C)(C)C)[Si](C)(C)N1C(C)(C)C. The minimum Gasteiger partial charge on any atom is -0.273 e. The van der Waals surface area contributed by atoms with Crippen molar-refractivity contribution >= 4 is 16.6 Å². The summed E-state index contributed by atoms with van der Waals surface area (Å²) >= 11 is 0. The van der Waals surface area contributed by atoms with Gasteiger partial charge in [-0.15, -0.1) is 0 Å². The second kappa shape index (κ2) is 3.53.